The second kappa shape index (κ2) is 4.52. The Morgan fingerprint density at radius 3 is 2.06 bits per heavy atom. The molecule has 0 amide bonds. The van der Waals surface area contributed by atoms with Crippen molar-refractivity contribution in [3.8, 4) is 0 Å². The molecule has 3 heteroatoms. The Labute approximate surface area is 96.5 Å². The first kappa shape index (κ1) is 13.1. The third-order valence-electron chi connectivity index (χ3n) is 3.18. The number of benzene rings is 1. The monoisotopic (exact) mass is 225 g/mol. The lowest BCUT2D eigenvalue weighted by Gasteiger charge is -2.38. The first-order chi connectivity index (χ1) is 7.22. The minimum absolute atomic E-state index is 0.231. The number of aliphatic hydroxyl groups is 1. The van der Waals surface area contributed by atoms with E-state index in [-0.39, 0.29) is 5.82 Å². The highest BCUT2D eigenvalue weighted by Crippen LogP contribution is 2.21. The van der Waals surface area contributed by atoms with Crippen molar-refractivity contribution in [2.45, 2.75) is 45.4 Å². The van der Waals surface area contributed by atoms with Crippen LogP contribution in [0, 0.1) is 5.82 Å². The summed E-state index contributed by atoms with van der Waals surface area (Å²) in [5.74, 6) is -0.231. The number of nitrogens with one attached hydrogen (secondary N) is 1. The maximum Gasteiger partial charge on any atom is 0.123 e. The van der Waals surface area contributed by atoms with Crippen molar-refractivity contribution in [3.63, 3.8) is 0 Å². The second-order valence-corrected chi connectivity index (χ2v) is 5.16. The van der Waals surface area contributed by atoms with Gasteiger partial charge in [-0.25, -0.2) is 4.39 Å². The van der Waals surface area contributed by atoms with E-state index in [4.69, 9.17) is 0 Å². The standard InChI is InChI=1S/C13H20FNO/c1-12(2,13(3,4)16)15-9-10-5-7-11(14)8-6-10/h5-8,15-16H,9H2,1-4H3. The number of rotatable bonds is 4. The molecule has 16 heavy (non-hydrogen) atoms. The fourth-order valence-electron chi connectivity index (χ4n) is 1.14. The molecule has 0 saturated heterocycles. The van der Waals surface area contributed by atoms with Crippen molar-refractivity contribution in [1.29, 1.82) is 0 Å². The van der Waals surface area contributed by atoms with Crippen molar-refractivity contribution >= 4 is 0 Å². The predicted molar refractivity (Wildman–Crippen MR) is 63.6 cm³/mol. The SMILES string of the molecule is CC(C)(O)C(C)(C)NCc1ccc(F)cc1. The Morgan fingerprint density at radius 2 is 1.62 bits per heavy atom. The molecule has 0 saturated carbocycles. The van der Waals surface area contributed by atoms with Gasteiger partial charge in [-0.3, -0.25) is 0 Å². The van der Waals surface area contributed by atoms with Crippen LogP contribution in [0.15, 0.2) is 24.3 Å². The summed E-state index contributed by atoms with van der Waals surface area (Å²) in [5, 5.41) is 13.2. The smallest absolute Gasteiger partial charge is 0.123 e. The highest BCUT2D eigenvalue weighted by Gasteiger charge is 2.34. The molecule has 0 spiro atoms. The van der Waals surface area contributed by atoms with Gasteiger partial charge in [0.1, 0.15) is 5.82 Å². The largest absolute Gasteiger partial charge is 0.389 e. The lowest BCUT2D eigenvalue weighted by molar-refractivity contribution is -0.00532. The zero-order valence-electron chi connectivity index (χ0n) is 10.3. The van der Waals surface area contributed by atoms with E-state index in [1.54, 1.807) is 26.0 Å². The van der Waals surface area contributed by atoms with Gasteiger partial charge in [-0.2, -0.15) is 0 Å². The van der Waals surface area contributed by atoms with Gasteiger partial charge in [0, 0.05) is 12.1 Å². The second-order valence-electron chi connectivity index (χ2n) is 5.16. The maximum absolute atomic E-state index is 12.7. The Bertz CT molecular complexity index is 338. The Kier molecular flexibility index (Phi) is 3.71. The number of hydrogen-bond donors (Lipinski definition) is 2. The molecule has 0 aromatic heterocycles. The normalized spacial score (nSPS) is 12.9. The summed E-state index contributed by atoms with van der Waals surface area (Å²) in [5.41, 5.74) is -0.215. The van der Waals surface area contributed by atoms with Crippen molar-refractivity contribution in [3.05, 3.63) is 35.6 Å². The molecule has 0 unspecified atom stereocenters. The number of hydrogen-bond acceptors (Lipinski definition) is 2. The minimum atomic E-state index is -0.812. The first-order valence-corrected chi connectivity index (χ1v) is 5.44. The van der Waals surface area contributed by atoms with Crippen molar-refractivity contribution in [2.75, 3.05) is 0 Å². The van der Waals surface area contributed by atoms with E-state index in [1.165, 1.54) is 12.1 Å². The third kappa shape index (κ3) is 3.29. The van der Waals surface area contributed by atoms with E-state index in [0.717, 1.165) is 5.56 Å². The van der Waals surface area contributed by atoms with E-state index in [1.807, 2.05) is 13.8 Å². The quantitative estimate of drug-likeness (QED) is 0.825. The van der Waals surface area contributed by atoms with Crippen LogP contribution in [0.5, 0.6) is 0 Å². The topological polar surface area (TPSA) is 32.3 Å². The molecule has 0 radical (unpaired) electrons. The van der Waals surface area contributed by atoms with Crippen LogP contribution < -0.4 is 5.32 Å². The molecule has 0 aliphatic heterocycles. The molecule has 0 heterocycles. The van der Waals surface area contributed by atoms with Crippen LogP contribution in [0.4, 0.5) is 4.39 Å². The molecular weight excluding hydrogens is 205 g/mol. The van der Waals surface area contributed by atoms with Gasteiger partial charge >= 0.3 is 0 Å². The molecule has 1 aromatic carbocycles. The molecule has 1 aromatic rings. The Balaban J connectivity index is 2.61. The van der Waals surface area contributed by atoms with Gasteiger partial charge in [-0.1, -0.05) is 12.1 Å². The van der Waals surface area contributed by atoms with Gasteiger partial charge in [0.25, 0.3) is 0 Å². The molecule has 0 fully saturated rings. The highest BCUT2D eigenvalue weighted by atomic mass is 19.1. The van der Waals surface area contributed by atoms with Gasteiger partial charge in [-0.15, -0.1) is 0 Å². The van der Waals surface area contributed by atoms with Crippen LogP contribution in [0.1, 0.15) is 33.3 Å². The van der Waals surface area contributed by atoms with Crippen LogP contribution in [-0.4, -0.2) is 16.2 Å². The molecule has 0 aliphatic rings. The van der Waals surface area contributed by atoms with Crippen LogP contribution in [-0.2, 0) is 6.54 Å². The average Bonchev–Trinajstić information content (AvgIpc) is 2.15. The summed E-state index contributed by atoms with van der Waals surface area (Å²) in [6, 6.07) is 6.35. The lowest BCUT2D eigenvalue weighted by Crippen LogP contribution is -2.55. The summed E-state index contributed by atoms with van der Waals surface area (Å²) in [6.07, 6.45) is 0. The van der Waals surface area contributed by atoms with E-state index < -0.39 is 11.1 Å². The predicted octanol–water partition coefficient (Wildman–Crippen LogP) is 2.46. The fourth-order valence-corrected chi connectivity index (χ4v) is 1.14. The summed E-state index contributed by atoms with van der Waals surface area (Å²) in [6.45, 7) is 8.03. The molecule has 0 aliphatic carbocycles. The Morgan fingerprint density at radius 1 is 1.12 bits per heavy atom. The average molecular weight is 225 g/mol. The zero-order chi connectivity index (χ0) is 12.4. The molecule has 0 atom stereocenters. The van der Waals surface area contributed by atoms with E-state index in [2.05, 4.69) is 5.32 Å². The molecule has 2 N–H and O–H groups in total. The van der Waals surface area contributed by atoms with Gasteiger partial charge in [0.05, 0.1) is 5.60 Å². The van der Waals surface area contributed by atoms with Gasteiger partial charge in [0.2, 0.25) is 0 Å². The summed E-state index contributed by atoms with van der Waals surface area (Å²) in [7, 11) is 0. The van der Waals surface area contributed by atoms with Crippen LogP contribution in [0.2, 0.25) is 0 Å². The summed E-state index contributed by atoms with van der Waals surface area (Å²) >= 11 is 0. The molecule has 0 bridgehead atoms. The van der Waals surface area contributed by atoms with Gasteiger partial charge in [-0.05, 0) is 45.4 Å². The van der Waals surface area contributed by atoms with Gasteiger partial charge in [0.15, 0.2) is 0 Å². The summed E-state index contributed by atoms with van der Waals surface area (Å²) in [4.78, 5) is 0. The van der Waals surface area contributed by atoms with Gasteiger partial charge < -0.3 is 10.4 Å². The van der Waals surface area contributed by atoms with Crippen LogP contribution in [0.3, 0.4) is 0 Å². The Hall–Kier alpha value is -0.930. The molecule has 1 rings (SSSR count). The van der Waals surface area contributed by atoms with Crippen LogP contribution in [0.25, 0.3) is 0 Å². The van der Waals surface area contributed by atoms with E-state index in [9.17, 15) is 9.50 Å². The van der Waals surface area contributed by atoms with Crippen molar-refractivity contribution in [2.24, 2.45) is 0 Å². The summed E-state index contributed by atoms with van der Waals surface area (Å²) < 4.78 is 12.7. The third-order valence-corrected chi connectivity index (χ3v) is 3.18. The molecule has 2 nitrogen and oxygen atoms in total. The lowest BCUT2D eigenvalue weighted by atomic mass is 9.86. The fraction of sp³-hybridized carbons (Fsp3) is 0.538. The van der Waals surface area contributed by atoms with E-state index >= 15 is 0 Å². The van der Waals surface area contributed by atoms with Crippen molar-refractivity contribution in [1.82, 2.24) is 5.32 Å². The minimum Gasteiger partial charge on any atom is -0.389 e. The highest BCUT2D eigenvalue weighted by molar-refractivity contribution is 5.16. The molecular formula is C13H20FNO. The number of halogens is 1. The molecule has 90 valence electrons. The zero-order valence-corrected chi connectivity index (χ0v) is 10.3. The van der Waals surface area contributed by atoms with Crippen LogP contribution >= 0.6 is 0 Å². The van der Waals surface area contributed by atoms with Crippen molar-refractivity contribution < 1.29 is 9.50 Å². The first-order valence-electron chi connectivity index (χ1n) is 5.44. The maximum atomic E-state index is 12.7. The van der Waals surface area contributed by atoms with E-state index in [0.29, 0.717) is 6.54 Å².